The number of rotatable bonds is 3. The summed E-state index contributed by atoms with van der Waals surface area (Å²) in [7, 11) is 0. The Labute approximate surface area is 125 Å². The van der Waals surface area contributed by atoms with E-state index in [9.17, 15) is 0 Å². The van der Waals surface area contributed by atoms with Crippen LogP contribution in [0.4, 0.5) is 5.69 Å². The van der Waals surface area contributed by atoms with E-state index >= 15 is 0 Å². The molecule has 2 aromatic carbocycles. The Bertz CT molecular complexity index is 619. The van der Waals surface area contributed by atoms with Crippen LogP contribution < -0.4 is 4.90 Å². The average molecular weight is 284 g/mol. The van der Waals surface area contributed by atoms with Crippen molar-refractivity contribution in [2.75, 3.05) is 11.4 Å². The summed E-state index contributed by atoms with van der Waals surface area (Å²) in [5.74, 6) is 0. The topological polar surface area (TPSA) is 3.24 Å². The fraction of sp³-hybridized carbons (Fsp3) is 0.222. The molecule has 0 aromatic heterocycles. The van der Waals surface area contributed by atoms with Crippen LogP contribution in [0.1, 0.15) is 18.1 Å². The van der Waals surface area contributed by atoms with Crippen molar-refractivity contribution in [2.24, 2.45) is 0 Å². The molecule has 20 heavy (non-hydrogen) atoms. The maximum Gasteiger partial charge on any atom is 0.0448 e. The van der Waals surface area contributed by atoms with Crippen LogP contribution >= 0.6 is 11.6 Å². The molecule has 1 aliphatic heterocycles. The molecule has 3 rings (SSSR count). The van der Waals surface area contributed by atoms with Crippen molar-refractivity contribution in [1.29, 1.82) is 0 Å². The number of hydrogen-bond acceptors (Lipinski definition) is 1. The first kappa shape index (κ1) is 13.3. The average Bonchev–Trinajstić information content (AvgIpc) is 2.89. The van der Waals surface area contributed by atoms with Crippen molar-refractivity contribution in [1.82, 2.24) is 0 Å². The lowest BCUT2D eigenvalue weighted by molar-refractivity contribution is 0.767. The van der Waals surface area contributed by atoms with E-state index in [0.29, 0.717) is 6.04 Å². The Balaban J connectivity index is 1.77. The summed E-state index contributed by atoms with van der Waals surface area (Å²) >= 11 is 6.06. The van der Waals surface area contributed by atoms with E-state index in [1.807, 2.05) is 12.1 Å². The monoisotopic (exact) mass is 283 g/mol. The largest absolute Gasteiger partial charge is 0.365 e. The summed E-state index contributed by atoms with van der Waals surface area (Å²) in [4.78, 5) is 2.44. The van der Waals surface area contributed by atoms with Gasteiger partial charge in [0.2, 0.25) is 0 Å². The summed E-state index contributed by atoms with van der Waals surface area (Å²) < 4.78 is 0. The number of hydrogen-bond donors (Lipinski definition) is 0. The van der Waals surface area contributed by atoms with Gasteiger partial charge in [0.05, 0.1) is 0 Å². The van der Waals surface area contributed by atoms with Crippen molar-refractivity contribution in [3.8, 4) is 0 Å². The highest BCUT2D eigenvalue weighted by molar-refractivity contribution is 6.30. The molecular weight excluding hydrogens is 266 g/mol. The molecular formula is C18H18ClN. The molecule has 0 spiro atoms. The quantitative estimate of drug-likeness (QED) is 0.782. The highest BCUT2D eigenvalue weighted by atomic mass is 35.5. The molecule has 0 N–H and O–H groups in total. The molecule has 1 atom stereocenters. The second-order valence-corrected chi connectivity index (χ2v) is 5.66. The summed E-state index contributed by atoms with van der Waals surface area (Å²) in [6.45, 7) is 3.30. The third-order valence-electron chi connectivity index (χ3n) is 3.83. The van der Waals surface area contributed by atoms with Crippen LogP contribution in [0, 0.1) is 0 Å². The molecule has 102 valence electrons. The Morgan fingerprint density at radius 2 is 1.95 bits per heavy atom. The number of halogens is 1. The molecule has 2 aromatic rings. The molecule has 0 saturated heterocycles. The summed E-state index contributed by atoms with van der Waals surface area (Å²) in [6, 6.07) is 17.0. The Morgan fingerprint density at radius 1 is 1.15 bits per heavy atom. The molecule has 0 radical (unpaired) electrons. The van der Waals surface area contributed by atoms with E-state index < -0.39 is 0 Å². The molecule has 0 bridgehead atoms. The van der Waals surface area contributed by atoms with Gasteiger partial charge in [-0.1, -0.05) is 54.1 Å². The molecule has 1 nitrogen and oxygen atoms in total. The molecule has 2 heteroatoms. The standard InChI is InChI=1S/C18H18ClN/c1-14(7-8-15-5-3-2-4-6-15)20-12-11-16-13-17(19)9-10-18(16)20/h2-10,13-14H,11-12H2,1H3/b8-7+/t14-/m1/s1. The van der Waals surface area contributed by atoms with Gasteiger partial charge < -0.3 is 4.90 Å². The maximum absolute atomic E-state index is 6.06. The minimum Gasteiger partial charge on any atom is -0.365 e. The Morgan fingerprint density at radius 3 is 2.75 bits per heavy atom. The van der Waals surface area contributed by atoms with Crippen LogP contribution in [0.5, 0.6) is 0 Å². The number of nitrogens with zero attached hydrogens (tertiary/aromatic N) is 1. The number of benzene rings is 2. The van der Waals surface area contributed by atoms with Crippen molar-refractivity contribution in [3.63, 3.8) is 0 Å². The minimum atomic E-state index is 0.387. The first-order valence-corrected chi connectivity index (χ1v) is 7.40. The van der Waals surface area contributed by atoms with Crippen LogP contribution in [0.3, 0.4) is 0 Å². The predicted octanol–water partition coefficient (Wildman–Crippen LogP) is 4.80. The van der Waals surface area contributed by atoms with Gasteiger partial charge in [0.25, 0.3) is 0 Å². The van der Waals surface area contributed by atoms with E-state index in [4.69, 9.17) is 11.6 Å². The molecule has 0 fully saturated rings. The summed E-state index contributed by atoms with van der Waals surface area (Å²) in [5, 5.41) is 0.832. The van der Waals surface area contributed by atoms with Gasteiger partial charge in [-0.15, -0.1) is 0 Å². The van der Waals surface area contributed by atoms with Crippen LogP contribution in [0.2, 0.25) is 5.02 Å². The Kier molecular flexibility index (Phi) is 3.79. The maximum atomic E-state index is 6.06. The van der Waals surface area contributed by atoms with E-state index in [1.54, 1.807) is 0 Å². The molecule has 0 saturated carbocycles. The zero-order chi connectivity index (χ0) is 13.9. The molecule has 1 aliphatic rings. The van der Waals surface area contributed by atoms with E-state index in [1.165, 1.54) is 16.8 Å². The van der Waals surface area contributed by atoms with Crippen molar-refractivity contribution < 1.29 is 0 Å². The highest BCUT2D eigenvalue weighted by Crippen LogP contribution is 2.32. The van der Waals surface area contributed by atoms with Gasteiger partial charge in [0.1, 0.15) is 0 Å². The fourth-order valence-electron chi connectivity index (χ4n) is 2.74. The molecule has 1 heterocycles. The predicted molar refractivity (Wildman–Crippen MR) is 87.4 cm³/mol. The van der Waals surface area contributed by atoms with Gasteiger partial charge in [-0.3, -0.25) is 0 Å². The lowest BCUT2D eigenvalue weighted by Crippen LogP contribution is -2.29. The van der Waals surface area contributed by atoms with Crippen molar-refractivity contribution in [3.05, 3.63) is 70.8 Å². The van der Waals surface area contributed by atoms with Crippen molar-refractivity contribution >= 4 is 23.4 Å². The third kappa shape index (κ3) is 2.73. The third-order valence-corrected chi connectivity index (χ3v) is 4.07. The SMILES string of the molecule is C[C@H](/C=C/c1ccccc1)N1CCc2cc(Cl)ccc21. The van der Waals surface area contributed by atoms with Crippen LogP contribution in [-0.2, 0) is 6.42 Å². The minimum absolute atomic E-state index is 0.387. The fourth-order valence-corrected chi connectivity index (χ4v) is 2.93. The zero-order valence-electron chi connectivity index (χ0n) is 11.6. The van der Waals surface area contributed by atoms with E-state index in [-0.39, 0.29) is 0 Å². The Hall–Kier alpha value is -1.73. The molecule has 0 amide bonds. The van der Waals surface area contributed by atoms with Gasteiger partial charge in [-0.25, -0.2) is 0 Å². The van der Waals surface area contributed by atoms with Gasteiger partial charge in [-0.2, -0.15) is 0 Å². The summed E-state index contributed by atoms with van der Waals surface area (Å²) in [6.07, 6.45) is 5.54. The zero-order valence-corrected chi connectivity index (χ0v) is 12.3. The van der Waals surface area contributed by atoms with Gasteiger partial charge >= 0.3 is 0 Å². The second-order valence-electron chi connectivity index (χ2n) is 5.23. The van der Waals surface area contributed by atoms with Crippen LogP contribution in [0.25, 0.3) is 6.08 Å². The summed E-state index contributed by atoms with van der Waals surface area (Å²) in [5.41, 5.74) is 3.92. The van der Waals surface area contributed by atoms with Crippen molar-refractivity contribution in [2.45, 2.75) is 19.4 Å². The van der Waals surface area contributed by atoms with Gasteiger partial charge in [-0.05, 0) is 42.7 Å². The first-order valence-electron chi connectivity index (χ1n) is 7.02. The first-order chi connectivity index (χ1) is 9.74. The second kappa shape index (κ2) is 5.72. The lowest BCUT2D eigenvalue weighted by Gasteiger charge is -2.25. The van der Waals surface area contributed by atoms with E-state index in [2.05, 4.69) is 60.4 Å². The number of anilines is 1. The van der Waals surface area contributed by atoms with E-state index in [0.717, 1.165) is 18.0 Å². The highest BCUT2D eigenvalue weighted by Gasteiger charge is 2.21. The smallest absolute Gasteiger partial charge is 0.0448 e. The van der Waals surface area contributed by atoms with Crippen LogP contribution in [0.15, 0.2) is 54.6 Å². The van der Waals surface area contributed by atoms with Crippen LogP contribution in [-0.4, -0.2) is 12.6 Å². The number of fused-ring (bicyclic) bond motifs is 1. The van der Waals surface area contributed by atoms with Gasteiger partial charge in [0.15, 0.2) is 0 Å². The lowest BCUT2D eigenvalue weighted by atomic mass is 10.1. The normalized spacial score (nSPS) is 15.6. The molecule has 0 aliphatic carbocycles. The molecule has 0 unspecified atom stereocenters. The van der Waals surface area contributed by atoms with Gasteiger partial charge in [0, 0.05) is 23.3 Å².